The lowest BCUT2D eigenvalue weighted by atomic mass is 10.0. The number of sulfonamides is 1. The molecule has 1 aliphatic rings. The first kappa shape index (κ1) is 21.5. The monoisotopic (exact) mass is 474 g/mol. The van der Waals surface area contributed by atoms with E-state index in [1.807, 2.05) is 6.92 Å². The van der Waals surface area contributed by atoms with Gasteiger partial charge in [0.2, 0.25) is 10.0 Å². The first-order valence-electron chi connectivity index (χ1n) is 10.4. The average Bonchev–Trinajstić information content (AvgIpc) is 3.43. The molecular formula is C22H20F2N4O4S. The maximum atomic E-state index is 14.6. The summed E-state index contributed by atoms with van der Waals surface area (Å²) in [6.45, 7) is 3.53. The standard InChI is InChI=1S/C22H20F2N4O4S/c1-3-33(30,31)26-16-10-27-17(12(16)2)11-28(22(27)29)21-20-13(6-4-9-18(20)32-25-21)19-14(23)7-5-8-15(19)24/h4-9,11-12,16,26H,3,10H2,1-2H3/t12-,16+/m1/s1. The van der Waals surface area contributed by atoms with Crippen LogP contribution in [0.5, 0.6) is 0 Å². The molecule has 0 saturated heterocycles. The molecule has 0 fully saturated rings. The molecule has 0 saturated carbocycles. The van der Waals surface area contributed by atoms with Crippen LogP contribution in [0, 0.1) is 11.6 Å². The highest BCUT2D eigenvalue weighted by atomic mass is 32.2. The largest absolute Gasteiger partial charge is 0.354 e. The molecular weight excluding hydrogens is 454 g/mol. The topological polar surface area (TPSA) is 99.1 Å². The van der Waals surface area contributed by atoms with Crippen molar-refractivity contribution in [2.75, 3.05) is 5.75 Å². The summed E-state index contributed by atoms with van der Waals surface area (Å²) < 4.78 is 63.8. The zero-order chi connectivity index (χ0) is 23.5. The van der Waals surface area contributed by atoms with E-state index >= 15 is 0 Å². The molecule has 0 aliphatic carbocycles. The van der Waals surface area contributed by atoms with E-state index in [4.69, 9.17) is 4.52 Å². The van der Waals surface area contributed by atoms with Crippen molar-refractivity contribution in [1.29, 1.82) is 0 Å². The summed E-state index contributed by atoms with van der Waals surface area (Å²) >= 11 is 0. The van der Waals surface area contributed by atoms with Gasteiger partial charge in [-0.2, -0.15) is 0 Å². The minimum atomic E-state index is -3.44. The summed E-state index contributed by atoms with van der Waals surface area (Å²) in [4.78, 5) is 13.2. The molecule has 0 amide bonds. The Morgan fingerprint density at radius 2 is 1.88 bits per heavy atom. The van der Waals surface area contributed by atoms with Crippen LogP contribution in [-0.2, 0) is 16.6 Å². The highest BCUT2D eigenvalue weighted by molar-refractivity contribution is 7.89. The smallest absolute Gasteiger partial charge is 0.334 e. The van der Waals surface area contributed by atoms with E-state index in [9.17, 15) is 22.0 Å². The Morgan fingerprint density at radius 1 is 1.18 bits per heavy atom. The van der Waals surface area contributed by atoms with Gasteiger partial charge in [0.15, 0.2) is 11.4 Å². The van der Waals surface area contributed by atoms with Crippen LogP contribution in [0.15, 0.2) is 51.9 Å². The molecule has 2 aromatic heterocycles. The van der Waals surface area contributed by atoms with E-state index in [1.54, 1.807) is 25.3 Å². The molecule has 1 aliphatic heterocycles. The van der Waals surface area contributed by atoms with E-state index in [-0.39, 0.29) is 40.7 Å². The van der Waals surface area contributed by atoms with Gasteiger partial charge in [-0.25, -0.2) is 31.3 Å². The Labute approximate surface area is 187 Å². The summed E-state index contributed by atoms with van der Waals surface area (Å²) in [5, 5.41) is 4.31. The van der Waals surface area contributed by atoms with Gasteiger partial charge in [-0.05, 0) is 25.1 Å². The zero-order valence-electron chi connectivity index (χ0n) is 17.7. The van der Waals surface area contributed by atoms with Gasteiger partial charge in [0.1, 0.15) is 11.6 Å². The van der Waals surface area contributed by atoms with Crippen LogP contribution >= 0.6 is 0 Å². The number of hydrogen-bond acceptors (Lipinski definition) is 5. The van der Waals surface area contributed by atoms with Crippen molar-refractivity contribution in [2.24, 2.45) is 0 Å². The summed E-state index contributed by atoms with van der Waals surface area (Å²) in [5.41, 5.74) is 0.405. The Bertz CT molecular complexity index is 1530. The van der Waals surface area contributed by atoms with E-state index < -0.39 is 33.4 Å². The highest BCUT2D eigenvalue weighted by Gasteiger charge is 2.35. The van der Waals surface area contributed by atoms with Gasteiger partial charge >= 0.3 is 5.69 Å². The third-order valence-electron chi connectivity index (χ3n) is 6.11. The summed E-state index contributed by atoms with van der Waals surface area (Å²) in [6.07, 6.45) is 1.57. The summed E-state index contributed by atoms with van der Waals surface area (Å²) in [7, 11) is -3.44. The number of nitrogens with one attached hydrogen (secondary N) is 1. The molecule has 11 heteroatoms. The van der Waals surface area contributed by atoms with E-state index in [0.29, 0.717) is 11.1 Å². The van der Waals surface area contributed by atoms with Gasteiger partial charge in [-0.15, -0.1) is 0 Å². The van der Waals surface area contributed by atoms with Crippen molar-refractivity contribution in [2.45, 2.75) is 32.4 Å². The molecule has 1 N–H and O–H groups in total. The lowest BCUT2D eigenvalue weighted by Gasteiger charge is -2.16. The molecule has 0 radical (unpaired) electrons. The average molecular weight is 474 g/mol. The Morgan fingerprint density at radius 3 is 2.55 bits per heavy atom. The third-order valence-corrected chi connectivity index (χ3v) is 7.53. The number of nitrogens with zero attached hydrogens (tertiary/aromatic N) is 3. The SMILES string of the molecule is CCS(=O)(=O)N[C@H]1Cn2c(cn(-c3noc4cccc(-c5c(F)cccc5F)c34)c2=O)[C@@H]1C. The number of hydrogen-bond donors (Lipinski definition) is 1. The maximum Gasteiger partial charge on any atom is 0.334 e. The number of imidazole rings is 1. The van der Waals surface area contributed by atoms with Gasteiger partial charge in [-0.1, -0.05) is 30.3 Å². The van der Waals surface area contributed by atoms with Crippen molar-refractivity contribution < 1.29 is 21.7 Å². The van der Waals surface area contributed by atoms with Crippen molar-refractivity contribution in [3.05, 3.63) is 70.4 Å². The number of fused-ring (bicyclic) bond motifs is 2. The molecule has 2 aromatic carbocycles. The number of benzene rings is 2. The normalized spacial score (nSPS) is 18.2. The van der Waals surface area contributed by atoms with E-state index in [1.165, 1.54) is 21.3 Å². The van der Waals surface area contributed by atoms with Crippen molar-refractivity contribution >= 4 is 21.0 Å². The fourth-order valence-corrected chi connectivity index (χ4v) is 5.22. The van der Waals surface area contributed by atoms with Crippen LogP contribution in [0.1, 0.15) is 25.5 Å². The minimum absolute atomic E-state index is 0.0599. The van der Waals surface area contributed by atoms with Crippen LogP contribution < -0.4 is 10.4 Å². The molecule has 0 spiro atoms. The Balaban J connectivity index is 1.64. The fraction of sp³-hybridized carbons (Fsp3) is 0.273. The van der Waals surface area contributed by atoms with Gasteiger partial charge in [0.05, 0.1) is 16.7 Å². The van der Waals surface area contributed by atoms with Crippen LogP contribution in [-0.4, -0.2) is 34.5 Å². The number of aromatic nitrogens is 3. The van der Waals surface area contributed by atoms with Crippen LogP contribution in [0.2, 0.25) is 0 Å². The predicted octanol–water partition coefficient (Wildman–Crippen LogP) is 3.15. The molecule has 2 atom stereocenters. The van der Waals surface area contributed by atoms with Crippen molar-refractivity contribution in [3.63, 3.8) is 0 Å². The van der Waals surface area contributed by atoms with Gasteiger partial charge in [0, 0.05) is 36.0 Å². The maximum absolute atomic E-state index is 14.6. The Kier molecular flexibility index (Phi) is 4.98. The highest BCUT2D eigenvalue weighted by Crippen LogP contribution is 2.36. The summed E-state index contributed by atoms with van der Waals surface area (Å²) in [6, 6.07) is 7.86. The first-order chi connectivity index (χ1) is 15.7. The van der Waals surface area contributed by atoms with Gasteiger partial charge in [-0.3, -0.25) is 4.57 Å². The second-order valence-corrected chi connectivity index (χ2v) is 10.1. The minimum Gasteiger partial charge on any atom is -0.354 e. The molecule has 5 rings (SSSR count). The van der Waals surface area contributed by atoms with Gasteiger partial charge in [0.25, 0.3) is 0 Å². The zero-order valence-corrected chi connectivity index (χ0v) is 18.6. The van der Waals surface area contributed by atoms with Crippen LogP contribution in [0.25, 0.3) is 27.9 Å². The molecule has 3 heterocycles. The molecule has 0 bridgehead atoms. The lowest BCUT2D eigenvalue weighted by molar-refractivity contribution is 0.450. The van der Waals surface area contributed by atoms with E-state index in [2.05, 4.69) is 9.88 Å². The molecule has 172 valence electrons. The molecule has 33 heavy (non-hydrogen) atoms. The Hall–Kier alpha value is -3.31. The van der Waals surface area contributed by atoms with Gasteiger partial charge < -0.3 is 4.52 Å². The second-order valence-electron chi connectivity index (χ2n) is 8.02. The molecule has 8 nitrogen and oxygen atoms in total. The number of halogens is 2. The van der Waals surface area contributed by atoms with Crippen molar-refractivity contribution in [1.82, 2.24) is 19.0 Å². The van der Waals surface area contributed by atoms with Crippen LogP contribution in [0.4, 0.5) is 8.78 Å². The quantitative estimate of drug-likeness (QED) is 0.479. The van der Waals surface area contributed by atoms with Crippen LogP contribution in [0.3, 0.4) is 0 Å². The predicted molar refractivity (Wildman–Crippen MR) is 118 cm³/mol. The summed E-state index contributed by atoms with van der Waals surface area (Å²) in [5.74, 6) is -1.73. The van der Waals surface area contributed by atoms with Crippen molar-refractivity contribution in [3.8, 4) is 16.9 Å². The van der Waals surface area contributed by atoms with E-state index in [0.717, 1.165) is 12.1 Å². The third kappa shape index (κ3) is 3.39. The molecule has 4 aromatic rings. The number of rotatable bonds is 5. The molecule has 0 unspecified atom stereocenters. The fourth-order valence-electron chi connectivity index (χ4n) is 4.31. The second kappa shape index (κ2) is 7.63. The first-order valence-corrected chi connectivity index (χ1v) is 12.0. The lowest BCUT2D eigenvalue weighted by Crippen LogP contribution is -2.39.